The number of rotatable bonds is 12. The maximum Gasteiger partial charge on any atom is 0.220 e. The number of ether oxygens (including phenoxy) is 3. The molecule has 0 saturated carbocycles. The van der Waals surface area contributed by atoms with E-state index in [1.807, 2.05) is 13.0 Å². The second-order valence-electron chi connectivity index (χ2n) is 4.88. The summed E-state index contributed by atoms with van der Waals surface area (Å²) in [6, 6.07) is 0. The summed E-state index contributed by atoms with van der Waals surface area (Å²) in [6.07, 6.45) is 6.93. The van der Waals surface area contributed by atoms with E-state index in [2.05, 4.69) is 12.2 Å². The lowest BCUT2D eigenvalue weighted by molar-refractivity contribution is -0.121. The van der Waals surface area contributed by atoms with Crippen LogP contribution in [-0.4, -0.2) is 33.8 Å². The van der Waals surface area contributed by atoms with Gasteiger partial charge in [-0.3, -0.25) is 4.79 Å². The van der Waals surface area contributed by atoms with E-state index in [4.69, 9.17) is 14.2 Å². The maximum atomic E-state index is 11.7. The Hall–Kier alpha value is -1.65. The molecule has 1 N–H and O–H groups in total. The molecule has 0 aliphatic carbocycles. The molecule has 5 nitrogen and oxygen atoms in total. The average Bonchev–Trinajstić information content (AvgIpc) is 2.54. The Kier molecular flexibility index (Phi) is 12.1. The predicted octanol–water partition coefficient (Wildman–Crippen LogP) is 3.52. The minimum Gasteiger partial charge on any atom is -0.497 e. The molecule has 0 radical (unpaired) electrons. The summed E-state index contributed by atoms with van der Waals surface area (Å²) in [6.45, 7) is 4.87. The number of nitrogens with one attached hydrogen (secondary N) is 1. The molecule has 0 aliphatic heterocycles. The van der Waals surface area contributed by atoms with Crippen molar-refractivity contribution in [3.8, 4) is 0 Å². The molecular formula is C17H31NO4. The minimum atomic E-state index is 0.0632. The summed E-state index contributed by atoms with van der Waals surface area (Å²) in [5.41, 5.74) is 0. The van der Waals surface area contributed by atoms with Crippen LogP contribution in [0.4, 0.5) is 0 Å². The van der Waals surface area contributed by atoms with E-state index in [0.29, 0.717) is 30.8 Å². The summed E-state index contributed by atoms with van der Waals surface area (Å²) >= 11 is 0. The van der Waals surface area contributed by atoms with Crippen molar-refractivity contribution in [1.29, 1.82) is 0 Å². The van der Waals surface area contributed by atoms with Crippen LogP contribution in [0.15, 0.2) is 23.4 Å². The van der Waals surface area contributed by atoms with Crippen molar-refractivity contribution in [1.82, 2.24) is 5.32 Å². The van der Waals surface area contributed by atoms with Crippen molar-refractivity contribution in [2.45, 2.75) is 52.4 Å². The highest BCUT2D eigenvalue weighted by molar-refractivity contribution is 5.75. The second kappa shape index (κ2) is 13.0. The molecule has 0 heterocycles. The highest BCUT2D eigenvalue weighted by Gasteiger charge is 2.13. The van der Waals surface area contributed by atoms with Crippen LogP contribution in [0.25, 0.3) is 0 Å². The molecule has 5 heteroatoms. The van der Waals surface area contributed by atoms with Gasteiger partial charge >= 0.3 is 0 Å². The molecule has 0 aromatic heterocycles. The standard InChI is InChI=1S/C17H31NO4/c1-6-8-9-13-18-16(19)12-10-11-15(21-4)17(22-5)14(7-2)20-3/h11H,6-10,12-13H2,1-5H3,(H,18,19)/b15-11+,17-14-. The highest BCUT2D eigenvalue weighted by atomic mass is 16.5. The Morgan fingerprint density at radius 2 is 1.77 bits per heavy atom. The fraction of sp³-hybridized carbons (Fsp3) is 0.706. The van der Waals surface area contributed by atoms with E-state index in [1.54, 1.807) is 21.3 Å². The zero-order valence-electron chi connectivity index (χ0n) is 14.7. The van der Waals surface area contributed by atoms with Gasteiger partial charge in [-0.2, -0.15) is 0 Å². The van der Waals surface area contributed by atoms with Gasteiger partial charge in [0, 0.05) is 19.4 Å². The molecule has 0 atom stereocenters. The van der Waals surface area contributed by atoms with E-state index in [9.17, 15) is 4.79 Å². The lowest BCUT2D eigenvalue weighted by Gasteiger charge is -2.14. The Labute approximate surface area is 134 Å². The molecule has 22 heavy (non-hydrogen) atoms. The highest BCUT2D eigenvalue weighted by Crippen LogP contribution is 2.20. The first-order valence-electron chi connectivity index (χ1n) is 7.96. The van der Waals surface area contributed by atoms with Crippen LogP contribution in [0.2, 0.25) is 0 Å². The Balaban J connectivity index is 4.48. The van der Waals surface area contributed by atoms with Crippen LogP contribution < -0.4 is 5.32 Å². The number of carbonyl (C=O) groups excluding carboxylic acids is 1. The number of amides is 1. The molecular weight excluding hydrogens is 282 g/mol. The Bertz CT molecular complexity index is 369. The van der Waals surface area contributed by atoms with Crippen LogP contribution in [0.5, 0.6) is 0 Å². The normalized spacial score (nSPS) is 12.5. The monoisotopic (exact) mass is 313 g/mol. The lowest BCUT2D eigenvalue weighted by Crippen LogP contribution is -2.23. The summed E-state index contributed by atoms with van der Waals surface area (Å²) in [5, 5.41) is 2.92. The Morgan fingerprint density at radius 1 is 1.05 bits per heavy atom. The zero-order valence-corrected chi connectivity index (χ0v) is 14.7. The van der Waals surface area contributed by atoms with Crippen molar-refractivity contribution in [3.05, 3.63) is 23.4 Å². The quantitative estimate of drug-likeness (QED) is 0.340. The third kappa shape index (κ3) is 7.96. The third-order valence-corrected chi connectivity index (χ3v) is 3.27. The molecule has 0 aromatic rings. The number of carbonyl (C=O) groups is 1. The van der Waals surface area contributed by atoms with Gasteiger partial charge in [0.25, 0.3) is 0 Å². The van der Waals surface area contributed by atoms with E-state index < -0.39 is 0 Å². The molecule has 0 aromatic carbocycles. The van der Waals surface area contributed by atoms with Gasteiger partial charge in [-0.15, -0.1) is 0 Å². The van der Waals surface area contributed by atoms with E-state index >= 15 is 0 Å². The molecule has 0 spiro atoms. The van der Waals surface area contributed by atoms with E-state index in [1.165, 1.54) is 0 Å². The first-order chi connectivity index (χ1) is 10.6. The van der Waals surface area contributed by atoms with Crippen molar-refractivity contribution in [2.24, 2.45) is 0 Å². The third-order valence-electron chi connectivity index (χ3n) is 3.27. The summed E-state index contributed by atoms with van der Waals surface area (Å²) in [5.74, 6) is 1.96. The number of unbranched alkanes of at least 4 members (excludes halogenated alkanes) is 2. The largest absolute Gasteiger partial charge is 0.497 e. The summed E-state index contributed by atoms with van der Waals surface area (Å²) in [4.78, 5) is 11.7. The first-order valence-corrected chi connectivity index (χ1v) is 7.96. The summed E-state index contributed by atoms with van der Waals surface area (Å²) < 4.78 is 16.0. The fourth-order valence-corrected chi connectivity index (χ4v) is 2.04. The van der Waals surface area contributed by atoms with Crippen molar-refractivity contribution < 1.29 is 19.0 Å². The van der Waals surface area contributed by atoms with Gasteiger partial charge in [-0.25, -0.2) is 0 Å². The Morgan fingerprint density at radius 3 is 2.27 bits per heavy atom. The van der Waals surface area contributed by atoms with Crippen LogP contribution in [-0.2, 0) is 19.0 Å². The smallest absolute Gasteiger partial charge is 0.220 e. The molecule has 0 fully saturated rings. The van der Waals surface area contributed by atoms with Gasteiger partial charge in [-0.1, -0.05) is 26.7 Å². The SMILES string of the molecule is CCCCCNC(=O)CC/C=C(OC)\C(OC)=C(/CC)OC. The van der Waals surface area contributed by atoms with Gasteiger partial charge in [0.2, 0.25) is 5.91 Å². The molecule has 1 amide bonds. The number of hydrogen-bond donors (Lipinski definition) is 1. The van der Waals surface area contributed by atoms with Crippen LogP contribution >= 0.6 is 0 Å². The fourth-order valence-electron chi connectivity index (χ4n) is 2.04. The van der Waals surface area contributed by atoms with Gasteiger partial charge in [0.1, 0.15) is 5.76 Å². The molecule has 0 rings (SSSR count). The topological polar surface area (TPSA) is 56.8 Å². The first kappa shape index (κ1) is 20.3. The van der Waals surface area contributed by atoms with Gasteiger partial charge in [-0.05, 0) is 18.9 Å². The molecule has 0 saturated heterocycles. The van der Waals surface area contributed by atoms with Gasteiger partial charge in [0.15, 0.2) is 11.5 Å². The average molecular weight is 313 g/mol. The van der Waals surface area contributed by atoms with Crippen LogP contribution in [0, 0.1) is 0 Å². The van der Waals surface area contributed by atoms with Crippen LogP contribution in [0.3, 0.4) is 0 Å². The van der Waals surface area contributed by atoms with E-state index in [0.717, 1.165) is 31.6 Å². The molecule has 0 unspecified atom stereocenters. The zero-order chi connectivity index (χ0) is 16.8. The van der Waals surface area contributed by atoms with Crippen LogP contribution in [0.1, 0.15) is 52.4 Å². The van der Waals surface area contributed by atoms with Crippen molar-refractivity contribution in [2.75, 3.05) is 27.9 Å². The summed E-state index contributed by atoms with van der Waals surface area (Å²) in [7, 11) is 4.77. The minimum absolute atomic E-state index is 0.0632. The van der Waals surface area contributed by atoms with Crippen molar-refractivity contribution in [3.63, 3.8) is 0 Å². The van der Waals surface area contributed by atoms with Crippen molar-refractivity contribution >= 4 is 5.91 Å². The van der Waals surface area contributed by atoms with Gasteiger partial charge in [0.05, 0.1) is 21.3 Å². The number of methoxy groups -OCH3 is 3. The molecule has 128 valence electrons. The lowest BCUT2D eigenvalue weighted by atomic mass is 10.2. The van der Waals surface area contributed by atoms with Gasteiger partial charge < -0.3 is 19.5 Å². The second-order valence-corrected chi connectivity index (χ2v) is 4.88. The maximum absolute atomic E-state index is 11.7. The molecule has 0 aliphatic rings. The molecule has 0 bridgehead atoms. The number of allylic oxidation sites excluding steroid dienone is 2. The predicted molar refractivity (Wildman–Crippen MR) is 88.2 cm³/mol. The number of hydrogen-bond acceptors (Lipinski definition) is 4. The van der Waals surface area contributed by atoms with E-state index in [-0.39, 0.29) is 5.91 Å².